The van der Waals surface area contributed by atoms with Gasteiger partial charge in [-0.05, 0) is 19.1 Å². The molecule has 6 nitrogen and oxygen atoms in total. The Morgan fingerprint density at radius 2 is 1.90 bits per heavy atom. The van der Waals surface area contributed by atoms with Gasteiger partial charge in [-0.2, -0.15) is 4.31 Å². The van der Waals surface area contributed by atoms with Gasteiger partial charge in [0.2, 0.25) is 10.0 Å². The summed E-state index contributed by atoms with van der Waals surface area (Å²) in [5.41, 5.74) is 0.980. The number of aliphatic carboxylic acids is 1. The van der Waals surface area contributed by atoms with Gasteiger partial charge in [0.05, 0.1) is 18.7 Å². The van der Waals surface area contributed by atoms with Gasteiger partial charge in [-0.1, -0.05) is 18.2 Å². The maximum atomic E-state index is 11.9. The van der Waals surface area contributed by atoms with Crippen LogP contribution in [0.15, 0.2) is 30.3 Å². The molecular formula is C14H20N2O4S. The fourth-order valence-corrected chi connectivity index (χ4v) is 4.03. The van der Waals surface area contributed by atoms with Crippen LogP contribution in [-0.4, -0.2) is 55.2 Å². The molecule has 1 saturated heterocycles. The molecule has 7 heteroatoms. The highest BCUT2D eigenvalue weighted by Crippen LogP contribution is 2.27. The molecule has 0 aromatic heterocycles. The molecule has 0 amide bonds. The molecule has 0 unspecified atom stereocenters. The molecule has 1 aromatic rings. The molecule has 0 spiro atoms. The number of nitrogens with zero attached hydrogens (tertiary/aromatic N) is 2. The van der Waals surface area contributed by atoms with Crippen LogP contribution in [-0.2, 0) is 14.8 Å². The summed E-state index contributed by atoms with van der Waals surface area (Å²) in [5.74, 6) is -0.990. The van der Waals surface area contributed by atoms with Crippen LogP contribution in [0.3, 0.4) is 0 Å². The monoisotopic (exact) mass is 312 g/mol. The Labute approximate surface area is 125 Å². The van der Waals surface area contributed by atoms with Crippen molar-refractivity contribution >= 4 is 21.7 Å². The molecule has 0 radical (unpaired) electrons. The Kier molecular flexibility index (Phi) is 4.53. The molecule has 0 bridgehead atoms. The van der Waals surface area contributed by atoms with Gasteiger partial charge in [0.1, 0.15) is 0 Å². The summed E-state index contributed by atoms with van der Waals surface area (Å²) in [6, 6.07) is 8.87. The summed E-state index contributed by atoms with van der Waals surface area (Å²) in [6.07, 6.45) is 0.935. The quantitative estimate of drug-likeness (QED) is 0.897. The van der Waals surface area contributed by atoms with Crippen molar-refractivity contribution in [2.45, 2.75) is 25.4 Å². The van der Waals surface area contributed by atoms with Gasteiger partial charge in [0.15, 0.2) is 0 Å². The van der Waals surface area contributed by atoms with Crippen molar-refractivity contribution < 1.29 is 18.3 Å². The summed E-state index contributed by atoms with van der Waals surface area (Å²) in [6.45, 7) is 2.72. The molecule has 0 saturated carbocycles. The fourth-order valence-electron chi connectivity index (χ4n) is 2.87. The largest absolute Gasteiger partial charge is 0.481 e. The molecule has 1 heterocycles. The molecule has 1 aliphatic heterocycles. The van der Waals surface area contributed by atoms with Crippen LogP contribution in [0.5, 0.6) is 0 Å². The summed E-state index contributed by atoms with van der Waals surface area (Å²) in [5, 5.41) is 9.08. The van der Waals surface area contributed by atoms with Crippen molar-refractivity contribution in [3.05, 3.63) is 30.3 Å². The summed E-state index contributed by atoms with van der Waals surface area (Å²) >= 11 is 0. The highest BCUT2D eigenvalue weighted by Gasteiger charge is 2.39. The highest BCUT2D eigenvalue weighted by atomic mass is 32.2. The summed E-state index contributed by atoms with van der Waals surface area (Å²) in [7, 11) is -3.42. The van der Waals surface area contributed by atoms with Gasteiger partial charge in [-0.3, -0.25) is 4.79 Å². The Bertz CT molecular complexity index is 603. The van der Waals surface area contributed by atoms with E-state index in [1.807, 2.05) is 37.3 Å². The third-order valence-corrected chi connectivity index (χ3v) is 5.18. The second kappa shape index (κ2) is 6.03. The van der Waals surface area contributed by atoms with Crippen molar-refractivity contribution in [1.29, 1.82) is 0 Å². The van der Waals surface area contributed by atoms with Crippen molar-refractivity contribution in [2.75, 3.05) is 24.2 Å². The zero-order chi connectivity index (χ0) is 15.6. The van der Waals surface area contributed by atoms with E-state index in [9.17, 15) is 13.2 Å². The van der Waals surface area contributed by atoms with E-state index in [4.69, 9.17) is 5.11 Å². The third-order valence-electron chi connectivity index (χ3n) is 3.88. The summed E-state index contributed by atoms with van der Waals surface area (Å²) < 4.78 is 25.1. The lowest BCUT2D eigenvalue weighted by Crippen LogP contribution is -2.60. The topological polar surface area (TPSA) is 77.9 Å². The van der Waals surface area contributed by atoms with Crippen molar-refractivity contribution in [3.8, 4) is 0 Å². The number of hydrogen-bond acceptors (Lipinski definition) is 4. The second-order valence-electron chi connectivity index (χ2n) is 5.31. The van der Waals surface area contributed by atoms with Gasteiger partial charge >= 0.3 is 5.97 Å². The number of piperazine rings is 1. The molecule has 1 aliphatic rings. The van der Waals surface area contributed by atoms with E-state index in [-0.39, 0.29) is 12.5 Å². The van der Waals surface area contributed by atoms with E-state index < -0.39 is 22.0 Å². The lowest BCUT2D eigenvalue weighted by atomic mass is 10.0. The first-order valence-corrected chi connectivity index (χ1v) is 8.66. The van der Waals surface area contributed by atoms with E-state index in [0.717, 1.165) is 11.9 Å². The van der Waals surface area contributed by atoms with Crippen molar-refractivity contribution in [2.24, 2.45) is 0 Å². The molecule has 21 heavy (non-hydrogen) atoms. The molecule has 1 fully saturated rings. The van der Waals surface area contributed by atoms with E-state index in [1.165, 1.54) is 4.31 Å². The van der Waals surface area contributed by atoms with Crippen molar-refractivity contribution in [1.82, 2.24) is 4.31 Å². The first-order chi connectivity index (χ1) is 9.80. The number of hydrogen-bond donors (Lipinski definition) is 1. The van der Waals surface area contributed by atoms with Gasteiger partial charge in [-0.15, -0.1) is 0 Å². The van der Waals surface area contributed by atoms with E-state index in [1.54, 1.807) is 0 Å². The number of para-hydroxylation sites is 1. The Morgan fingerprint density at radius 1 is 1.29 bits per heavy atom. The van der Waals surface area contributed by atoms with Crippen LogP contribution in [0.4, 0.5) is 5.69 Å². The molecule has 2 rings (SSSR count). The number of carbonyl (C=O) groups is 1. The highest BCUT2D eigenvalue weighted by molar-refractivity contribution is 7.88. The minimum atomic E-state index is -3.42. The van der Waals surface area contributed by atoms with Gasteiger partial charge in [0.25, 0.3) is 0 Å². The SMILES string of the molecule is C[C@H]1[C@H](CC(=O)O)N(S(C)(=O)=O)CCN1c1ccccc1. The van der Waals surface area contributed by atoms with Crippen LogP contribution in [0, 0.1) is 0 Å². The van der Waals surface area contributed by atoms with E-state index in [0.29, 0.717) is 13.1 Å². The first kappa shape index (κ1) is 15.8. The Hall–Kier alpha value is -1.60. The fraction of sp³-hybridized carbons (Fsp3) is 0.500. The van der Waals surface area contributed by atoms with E-state index in [2.05, 4.69) is 4.90 Å². The number of anilines is 1. The Morgan fingerprint density at radius 3 is 2.43 bits per heavy atom. The first-order valence-electron chi connectivity index (χ1n) is 6.81. The predicted molar refractivity (Wildman–Crippen MR) is 80.8 cm³/mol. The average molecular weight is 312 g/mol. The minimum Gasteiger partial charge on any atom is -0.481 e. The molecule has 2 atom stereocenters. The maximum Gasteiger partial charge on any atom is 0.305 e. The molecule has 1 N–H and O–H groups in total. The molecule has 1 aromatic carbocycles. The lowest BCUT2D eigenvalue weighted by Gasteiger charge is -2.45. The number of benzene rings is 1. The van der Waals surface area contributed by atoms with Gasteiger partial charge < -0.3 is 10.0 Å². The summed E-state index contributed by atoms with van der Waals surface area (Å²) in [4.78, 5) is 13.2. The van der Waals surface area contributed by atoms with Crippen LogP contribution in [0.1, 0.15) is 13.3 Å². The number of rotatable bonds is 4. The molecule has 116 valence electrons. The minimum absolute atomic E-state index is 0.197. The zero-order valence-corrected chi connectivity index (χ0v) is 13.0. The number of sulfonamides is 1. The smallest absolute Gasteiger partial charge is 0.305 e. The predicted octanol–water partition coefficient (Wildman–Crippen LogP) is 1.00. The van der Waals surface area contributed by atoms with Crippen molar-refractivity contribution in [3.63, 3.8) is 0 Å². The maximum absolute atomic E-state index is 11.9. The van der Waals surface area contributed by atoms with Gasteiger partial charge in [0, 0.05) is 24.8 Å². The standard InChI is InChI=1S/C14H20N2O4S/c1-11-13(10-14(17)18)16(21(2,19)20)9-8-15(11)12-6-4-3-5-7-12/h3-7,11,13H,8-10H2,1-2H3,(H,17,18)/t11-,13-/m0/s1. The number of carboxylic acids is 1. The third kappa shape index (κ3) is 3.54. The number of carboxylic acid groups (broad SMARTS) is 1. The second-order valence-corrected chi connectivity index (χ2v) is 7.24. The van der Waals surface area contributed by atoms with E-state index >= 15 is 0 Å². The average Bonchev–Trinajstić information content (AvgIpc) is 2.40. The Balaban J connectivity index is 2.31. The van der Waals surface area contributed by atoms with Crippen LogP contribution in [0.2, 0.25) is 0 Å². The van der Waals surface area contributed by atoms with Crippen LogP contribution in [0.25, 0.3) is 0 Å². The molecular weight excluding hydrogens is 292 g/mol. The van der Waals surface area contributed by atoms with Gasteiger partial charge in [-0.25, -0.2) is 8.42 Å². The molecule has 0 aliphatic carbocycles. The lowest BCUT2D eigenvalue weighted by molar-refractivity contribution is -0.138. The van der Waals surface area contributed by atoms with Crippen LogP contribution >= 0.6 is 0 Å². The van der Waals surface area contributed by atoms with Crippen LogP contribution < -0.4 is 4.90 Å². The zero-order valence-electron chi connectivity index (χ0n) is 12.1. The normalized spacial score (nSPS) is 24.0.